The van der Waals surface area contributed by atoms with E-state index in [0.717, 1.165) is 17.3 Å². The maximum atomic E-state index is 11.7. The second-order valence-electron chi connectivity index (χ2n) is 4.91. The minimum Gasteiger partial charge on any atom is -0.480 e. The average molecular weight is 379 g/mol. The van der Waals surface area contributed by atoms with Gasteiger partial charge in [0.25, 0.3) is 0 Å². The molecule has 1 aromatic rings. The topological polar surface area (TPSA) is 173 Å². The van der Waals surface area contributed by atoms with Gasteiger partial charge in [0.1, 0.15) is 12.6 Å². The van der Waals surface area contributed by atoms with Crippen molar-refractivity contribution in [1.29, 1.82) is 0 Å². The quantitative estimate of drug-likeness (QED) is 0.341. The number of carbonyl (C=O) groups excluding carboxylic acids is 1. The lowest BCUT2D eigenvalue weighted by atomic mass is 10.2. The molecule has 1 rings (SSSR count). The summed E-state index contributed by atoms with van der Waals surface area (Å²) in [5.41, 5.74) is 17.5. The van der Waals surface area contributed by atoms with Gasteiger partial charge in [-0.1, -0.05) is 40.6 Å². The molecular formula is C14H17N7O4S. The molecule has 11 nitrogen and oxygen atoms in total. The Labute approximate surface area is 153 Å². The van der Waals surface area contributed by atoms with Crippen LogP contribution in [0.15, 0.2) is 40.6 Å². The summed E-state index contributed by atoms with van der Waals surface area (Å²) in [6.45, 7) is -0.00484. The molecule has 0 fully saturated rings. The predicted octanol–water partition coefficient (Wildman–Crippen LogP) is 3.09. The molecule has 0 spiro atoms. The fraction of sp³-hybridized carbons (Fsp3) is 0.429. The van der Waals surface area contributed by atoms with Crippen LogP contribution in [-0.2, 0) is 16.1 Å². The molecule has 0 aliphatic carbocycles. The Morgan fingerprint density at radius 2 is 1.96 bits per heavy atom. The van der Waals surface area contributed by atoms with Crippen molar-refractivity contribution in [3.63, 3.8) is 0 Å². The Hall–Kier alpha value is -3.07. The van der Waals surface area contributed by atoms with Gasteiger partial charge in [0, 0.05) is 27.9 Å². The summed E-state index contributed by atoms with van der Waals surface area (Å²) in [4.78, 5) is 28.2. The van der Waals surface area contributed by atoms with Crippen molar-refractivity contribution in [3.8, 4) is 0 Å². The van der Waals surface area contributed by atoms with Crippen LogP contribution in [-0.4, -0.2) is 47.3 Å². The van der Waals surface area contributed by atoms with Crippen molar-refractivity contribution in [1.82, 2.24) is 5.32 Å². The molecule has 12 heteroatoms. The Morgan fingerprint density at radius 3 is 2.58 bits per heavy atom. The number of hydrogen-bond donors (Lipinski definition) is 2. The Morgan fingerprint density at radius 1 is 1.23 bits per heavy atom. The van der Waals surface area contributed by atoms with E-state index in [1.54, 1.807) is 24.3 Å². The van der Waals surface area contributed by atoms with Crippen LogP contribution in [0.4, 0.5) is 4.79 Å². The lowest BCUT2D eigenvalue weighted by Crippen LogP contribution is -2.43. The van der Waals surface area contributed by atoms with Gasteiger partial charge in [-0.15, -0.1) is 0 Å². The summed E-state index contributed by atoms with van der Waals surface area (Å²) in [6.07, 6.45) is -0.845. The Balaban J connectivity index is 2.44. The molecule has 0 heterocycles. The number of thioether (sulfide) groups is 1. The summed E-state index contributed by atoms with van der Waals surface area (Å²) in [7, 11) is 0. The lowest BCUT2D eigenvalue weighted by molar-refractivity contribution is -0.138. The number of nitrogens with zero attached hydrogens (tertiary/aromatic N) is 6. The van der Waals surface area contributed by atoms with Crippen molar-refractivity contribution in [2.45, 2.75) is 18.7 Å². The summed E-state index contributed by atoms with van der Waals surface area (Å²) in [6, 6.07) is 7.20. The molecule has 0 bridgehead atoms. The highest BCUT2D eigenvalue weighted by atomic mass is 32.2. The molecule has 0 aromatic heterocycles. The van der Waals surface area contributed by atoms with Gasteiger partial charge in [0.2, 0.25) is 0 Å². The number of nitrogens with one attached hydrogen (secondary N) is 1. The number of benzene rings is 1. The van der Waals surface area contributed by atoms with Gasteiger partial charge in [0.15, 0.2) is 0 Å². The van der Waals surface area contributed by atoms with Gasteiger partial charge in [-0.3, -0.25) is 0 Å². The van der Waals surface area contributed by atoms with Crippen molar-refractivity contribution in [2.24, 2.45) is 10.2 Å². The summed E-state index contributed by atoms with van der Waals surface area (Å²) in [5, 5.41) is 18.2. The molecule has 0 aliphatic rings. The van der Waals surface area contributed by atoms with Crippen molar-refractivity contribution in [2.75, 3.05) is 18.1 Å². The second kappa shape index (κ2) is 12.3. The minimum atomic E-state index is -1.22. The highest BCUT2D eigenvalue weighted by molar-refractivity contribution is 7.99. The van der Waals surface area contributed by atoms with Gasteiger partial charge in [-0.05, 0) is 16.6 Å². The monoisotopic (exact) mass is 379 g/mol. The fourth-order valence-electron chi connectivity index (χ4n) is 1.73. The molecule has 2 N–H and O–H groups in total. The number of carboxylic acid groups (broad SMARTS) is 1. The average Bonchev–Trinajstić information content (AvgIpc) is 2.64. The number of azide groups is 2. The highest BCUT2D eigenvalue weighted by Crippen LogP contribution is 2.10. The first-order valence-corrected chi connectivity index (χ1v) is 8.55. The van der Waals surface area contributed by atoms with E-state index < -0.39 is 24.1 Å². The second-order valence-corrected chi connectivity index (χ2v) is 5.98. The number of aliphatic carboxylic acids is 1. The molecule has 1 aromatic carbocycles. The molecule has 0 aliphatic heterocycles. The minimum absolute atomic E-state index is 0.0251. The zero-order valence-corrected chi connectivity index (χ0v) is 14.4. The normalized spacial score (nSPS) is 12.0. The van der Waals surface area contributed by atoms with Crippen molar-refractivity contribution in [3.05, 3.63) is 56.8 Å². The maximum Gasteiger partial charge on any atom is 0.408 e. The predicted molar refractivity (Wildman–Crippen MR) is 95.5 cm³/mol. The van der Waals surface area contributed by atoms with Crippen molar-refractivity contribution < 1.29 is 19.4 Å². The Bertz CT molecular complexity index is 690. The van der Waals surface area contributed by atoms with Crippen LogP contribution >= 0.6 is 11.8 Å². The van der Waals surface area contributed by atoms with Gasteiger partial charge >= 0.3 is 12.1 Å². The van der Waals surface area contributed by atoms with E-state index in [9.17, 15) is 14.7 Å². The zero-order valence-electron chi connectivity index (χ0n) is 13.6. The molecule has 0 unspecified atom stereocenters. The van der Waals surface area contributed by atoms with Crippen LogP contribution in [0.1, 0.15) is 5.56 Å². The molecule has 0 saturated carbocycles. The maximum absolute atomic E-state index is 11.7. The van der Waals surface area contributed by atoms with Gasteiger partial charge in [0.05, 0.1) is 6.04 Å². The first-order valence-electron chi connectivity index (χ1n) is 7.39. The molecule has 0 saturated heterocycles. The summed E-state index contributed by atoms with van der Waals surface area (Å²) in [5.74, 6) is -0.943. The standard InChI is InChI=1S/C14H17N7O4S/c15-20-17-6-11(19-21-16)8-26-9-12(13(22)23)18-14(24)25-7-10-4-2-1-3-5-10/h1-5,11-12H,6-9H2,(H,18,24)(H,22,23)/t11-,12+/m1/s1. The number of alkyl carbamates (subject to hydrolysis) is 1. The lowest BCUT2D eigenvalue weighted by Gasteiger charge is -2.15. The summed E-state index contributed by atoms with van der Waals surface area (Å²) < 4.78 is 4.98. The third-order valence-corrected chi connectivity index (χ3v) is 4.16. The van der Waals surface area contributed by atoms with E-state index in [-0.39, 0.29) is 24.7 Å². The highest BCUT2D eigenvalue weighted by Gasteiger charge is 2.21. The Kier molecular flexibility index (Phi) is 9.93. The van der Waals surface area contributed by atoms with Crippen LogP contribution in [0.25, 0.3) is 20.9 Å². The molecular weight excluding hydrogens is 362 g/mol. The van der Waals surface area contributed by atoms with Crippen LogP contribution in [0.2, 0.25) is 0 Å². The van der Waals surface area contributed by atoms with E-state index in [4.69, 9.17) is 15.8 Å². The number of amides is 1. The molecule has 0 radical (unpaired) electrons. The molecule has 138 valence electrons. The number of ether oxygens (including phenoxy) is 1. The molecule has 2 atom stereocenters. The molecule has 1 amide bonds. The van der Waals surface area contributed by atoms with Crippen LogP contribution in [0.3, 0.4) is 0 Å². The first-order chi connectivity index (χ1) is 12.6. The number of carbonyl (C=O) groups is 2. The van der Waals surface area contributed by atoms with E-state index in [1.807, 2.05) is 6.07 Å². The van der Waals surface area contributed by atoms with Crippen molar-refractivity contribution >= 4 is 23.8 Å². The van der Waals surface area contributed by atoms with Gasteiger partial charge in [-0.25, -0.2) is 9.59 Å². The summed E-state index contributed by atoms with van der Waals surface area (Å²) >= 11 is 1.15. The van der Waals surface area contributed by atoms with E-state index in [2.05, 4.69) is 25.4 Å². The number of rotatable bonds is 11. The number of carboxylic acids is 1. The third-order valence-electron chi connectivity index (χ3n) is 2.97. The smallest absolute Gasteiger partial charge is 0.408 e. The van der Waals surface area contributed by atoms with Gasteiger partial charge in [-0.2, -0.15) is 11.8 Å². The van der Waals surface area contributed by atoms with Crippen LogP contribution in [0, 0.1) is 0 Å². The first kappa shape index (κ1) is 21.0. The zero-order chi connectivity index (χ0) is 19.2. The number of hydrogen-bond acceptors (Lipinski definition) is 6. The molecule has 26 heavy (non-hydrogen) atoms. The van der Waals surface area contributed by atoms with E-state index in [1.165, 1.54) is 0 Å². The third kappa shape index (κ3) is 8.69. The van der Waals surface area contributed by atoms with Crippen LogP contribution in [0.5, 0.6) is 0 Å². The fourth-order valence-corrected chi connectivity index (χ4v) is 2.77. The van der Waals surface area contributed by atoms with Crippen LogP contribution < -0.4 is 5.32 Å². The van der Waals surface area contributed by atoms with E-state index in [0.29, 0.717) is 0 Å². The largest absolute Gasteiger partial charge is 0.480 e. The van der Waals surface area contributed by atoms with Gasteiger partial charge < -0.3 is 15.2 Å². The SMILES string of the molecule is [N-]=[N+]=NC[C@H](CSC[C@H](NC(=O)OCc1ccccc1)C(=O)O)N=[N+]=[N-]. The van der Waals surface area contributed by atoms with E-state index >= 15 is 0 Å².